The molecule has 0 bridgehead atoms. The van der Waals surface area contributed by atoms with Gasteiger partial charge in [-0.3, -0.25) is 4.79 Å². The van der Waals surface area contributed by atoms with Gasteiger partial charge in [-0.1, -0.05) is 32.9 Å². The number of aliphatic carboxylic acids is 1. The number of aryl methyl sites for hydroxylation is 1. The highest BCUT2D eigenvalue weighted by Crippen LogP contribution is 2.13. The first-order valence-electron chi connectivity index (χ1n) is 6.66. The first-order valence-corrected chi connectivity index (χ1v) is 6.66. The number of ether oxygens (including phenoxy) is 1. The summed E-state index contributed by atoms with van der Waals surface area (Å²) in [5, 5.41) is 13.3. The molecule has 0 saturated heterocycles. The van der Waals surface area contributed by atoms with Crippen molar-refractivity contribution in [2.75, 3.05) is 6.61 Å². The van der Waals surface area contributed by atoms with Gasteiger partial charge in [0.1, 0.15) is 5.75 Å². The van der Waals surface area contributed by atoms with Crippen molar-refractivity contribution < 1.29 is 19.4 Å². The van der Waals surface area contributed by atoms with Crippen LogP contribution in [0.3, 0.4) is 0 Å². The second-order valence-corrected chi connectivity index (χ2v) is 4.90. The highest BCUT2D eigenvalue weighted by atomic mass is 16.5. The molecular weight excluding hydrogens is 258 g/mol. The fourth-order valence-corrected chi connectivity index (χ4v) is 1.72. The summed E-state index contributed by atoms with van der Waals surface area (Å²) in [7, 11) is 0. The largest absolute Gasteiger partial charge is 0.548 e. The lowest BCUT2D eigenvalue weighted by molar-refractivity contribution is -0.309. The van der Waals surface area contributed by atoms with Crippen LogP contribution in [0.15, 0.2) is 24.3 Å². The SMILES string of the molecule is CCc1cccc(OCC(=O)N[C@@H](C(=O)[O-])C(C)C)c1. The number of hydrogen-bond acceptors (Lipinski definition) is 4. The molecule has 110 valence electrons. The normalized spacial score (nSPS) is 12.0. The van der Waals surface area contributed by atoms with Gasteiger partial charge in [0.15, 0.2) is 6.61 Å². The minimum Gasteiger partial charge on any atom is -0.548 e. The van der Waals surface area contributed by atoms with Crippen LogP contribution in [0, 0.1) is 5.92 Å². The molecule has 0 spiro atoms. The molecule has 0 saturated carbocycles. The van der Waals surface area contributed by atoms with Crippen molar-refractivity contribution >= 4 is 11.9 Å². The minimum absolute atomic E-state index is 0.219. The second-order valence-electron chi connectivity index (χ2n) is 4.90. The molecule has 1 aromatic carbocycles. The third-order valence-corrected chi connectivity index (χ3v) is 2.91. The number of carboxylic acids is 1. The summed E-state index contributed by atoms with van der Waals surface area (Å²) in [6.45, 7) is 5.21. The zero-order valence-corrected chi connectivity index (χ0v) is 12.0. The molecule has 1 amide bonds. The molecule has 20 heavy (non-hydrogen) atoms. The highest BCUT2D eigenvalue weighted by Gasteiger charge is 2.17. The van der Waals surface area contributed by atoms with E-state index in [0.717, 1.165) is 12.0 Å². The predicted molar refractivity (Wildman–Crippen MR) is 73.1 cm³/mol. The van der Waals surface area contributed by atoms with Gasteiger partial charge in [0.05, 0.1) is 12.0 Å². The Morgan fingerprint density at radius 2 is 2.05 bits per heavy atom. The van der Waals surface area contributed by atoms with Crippen LogP contribution in [0.2, 0.25) is 0 Å². The van der Waals surface area contributed by atoms with Crippen molar-refractivity contribution in [1.82, 2.24) is 5.32 Å². The number of hydrogen-bond donors (Lipinski definition) is 1. The Hall–Kier alpha value is -2.04. The van der Waals surface area contributed by atoms with Gasteiger partial charge in [0.2, 0.25) is 0 Å². The zero-order valence-electron chi connectivity index (χ0n) is 12.0. The third kappa shape index (κ3) is 4.91. The molecule has 0 fully saturated rings. The van der Waals surface area contributed by atoms with Crippen LogP contribution in [0.1, 0.15) is 26.3 Å². The van der Waals surface area contributed by atoms with Gasteiger partial charge in [-0.2, -0.15) is 0 Å². The molecule has 0 unspecified atom stereocenters. The van der Waals surface area contributed by atoms with E-state index in [1.165, 1.54) is 0 Å². The number of carboxylic acid groups (broad SMARTS) is 1. The maximum Gasteiger partial charge on any atom is 0.258 e. The summed E-state index contributed by atoms with van der Waals surface area (Å²) in [4.78, 5) is 22.5. The second kappa shape index (κ2) is 7.53. The molecular formula is C15H20NO4-. The molecule has 5 heteroatoms. The summed E-state index contributed by atoms with van der Waals surface area (Å²) in [6.07, 6.45) is 0.878. The topological polar surface area (TPSA) is 78.5 Å². The van der Waals surface area contributed by atoms with Gasteiger partial charge in [-0.05, 0) is 30.0 Å². The van der Waals surface area contributed by atoms with Crippen LogP contribution in [0.4, 0.5) is 0 Å². The smallest absolute Gasteiger partial charge is 0.258 e. The van der Waals surface area contributed by atoms with E-state index in [9.17, 15) is 14.7 Å². The number of amides is 1. The fourth-order valence-electron chi connectivity index (χ4n) is 1.72. The lowest BCUT2D eigenvalue weighted by atomic mass is 10.1. The van der Waals surface area contributed by atoms with Crippen LogP contribution in [-0.2, 0) is 16.0 Å². The van der Waals surface area contributed by atoms with Gasteiger partial charge in [0.25, 0.3) is 5.91 Å². The highest BCUT2D eigenvalue weighted by molar-refractivity contribution is 5.83. The van der Waals surface area contributed by atoms with E-state index in [0.29, 0.717) is 5.75 Å². The summed E-state index contributed by atoms with van der Waals surface area (Å²) in [5.74, 6) is -1.42. The van der Waals surface area contributed by atoms with Gasteiger partial charge in [0, 0.05) is 0 Å². The maximum atomic E-state index is 11.7. The molecule has 0 aliphatic rings. The van der Waals surface area contributed by atoms with Crippen LogP contribution in [-0.4, -0.2) is 24.5 Å². The molecule has 1 N–H and O–H groups in total. The first kappa shape index (κ1) is 16.0. The van der Waals surface area contributed by atoms with Crippen molar-refractivity contribution in [3.8, 4) is 5.75 Å². The Labute approximate surface area is 118 Å². The van der Waals surface area contributed by atoms with Gasteiger partial charge in [-0.25, -0.2) is 0 Å². The van der Waals surface area contributed by atoms with E-state index >= 15 is 0 Å². The lowest BCUT2D eigenvalue weighted by Gasteiger charge is -2.23. The zero-order chi connectivity index (χ0) is 15.1. The predicted octanol–water partition coefficient (Wildman–Crippen LogP) is 0.518. The summed E-state index contributed by atoms with van der Waals surface area (Å²) < 4.78 is 5.35. The van der Waals surface area contributed by atoms with Gasteiger partial charge >= 0.3 is 0 Å². The molecule has 0 aliphatic carbocycles. The number of carbonyl (C=O) groups is 2. The van der Waals surface area contributed by atoms with Crippen molar-refractivity contribution in [1.29, 1.82) is 0 Å². The van der Waals surface area contributed by atoms with E-state index in [2.05, 4.69) is 5.32 Å². The van der Waals surface area contributed by atoms with E-state index in [-0.39, 0.29) is 12.5 Å². The number of carbonyl (C=O) groups excluding carboxylic acids is 2. The summed E-state index contributed by atoms with van der Waals surface area (Å²) in [6, 6.07) is 6.42. The van der Waals surface area contributed by atoms with Crippen molar-refractivity contribution in [2.24, 2.45) is 5.92 Å². The maximum absolute atomic E-state index is 11.7. The van der Waals surface area contributed by atoms with Crippen LogP contribution in [0.25, 0.3) is 0 Å². The van der Waals surface area contributed by atoms with Crippen molar-refractivity contribution in [2.45, 2.75) is 33.2 Å². The Kier molecular flexibility index (Phi) is 6.03. The number of benzene rings is 1. The molecule has 1 atom stereocenters. The quantitative estimate of drug-likeness (QED) is 0.788. The third-order valence-electron chi connectivity index (χ3n) is 2.91. The molecule has 1 rings (SSSR count). The van der Waals surface area contributed by atoms with Gasteiger partial charge < -0.3 is 20.0 Å². The Morgan fingerprint density at radius 1 is 1.35 bits per heavy atom. The van der Waals surface area contributed by atoms with Gasteiger partial charge in [-0.15, -0.1) is 0 Å². The fraction of sp³-hybridized carbons (Fsp3) is 0.467. The standard InChI is InChI=1S/C15H21NO4/c1-4-11-6-5-7-12(8-11)20-9-13(17)16-14(10(2)3)15(18)19/h5-8,10,14H,4,9H2,1-3H3,(H,16,17)(H,18,19)/p-1/t14-/m1/s1. The average Bonchev–Trinajstić information content (AvgIpc) is 2.42. The minimum atomic E-state index is -1.29. The summed E-state index contributed by atoms with van der Waals surface area (Å²) in [5.41, 5.74) is 1.11. The Balaban J connectivity index is 2.52. The molecule has 0 heterocycles. The number of nitrogens with one attached hydrogen (secondary N) is 1. The molecule has 5 nitrogen and oxygen atoms in total. The van der Waals surface area contributed by atoms with Crippen molar-refractivity contribution in [3.63, 3.8) is 0 Å². The van der Waals surface area contributed by atoms with E-state index in [4.69, 9.17) is 4.74 Å². The molecule has 1 aromatic rings. The molecule has 0 aromatic heterocycles. The van der Waals surface area contributed by atoms with Crippen LogP contribution < -0.4 is 15.2 Å². The van der Waals surface area contributed by atoms with E-state index in [1.54, 1.807) is 19.9 Å². The molecule has 0 radical (unpaired) electrons. The first-order chi connectivity index (χ1) is 9.43. The molecule has 0 aliphatic heterocycles. The van der Waals surface area contributed by atoms with Crippen LogP contribution >= 0.6 is 0 Å². The van der Waals surface area contributed by atoms with Crippen molar-refractivity contribution in [3.05, 3.63) is 29.8 Å². The van der Waals surface area contributed by atoms with E-state index < -0.39 is 17.9 Å². The van der Waals surface area contributed by atoms with Crippen LogP contribution in [0.5, 0.6) is 5.75 Å². The number of rotatable bonds is 7. The Morgan fingerprint density at radius 3 is 2.60 bits per heavy atom. The monoisotopic (exact) mass is 278 g/mol. The Bertz CT molecular complexity index is 471. The average molecular weight is 278 g/mol. The summed E-state index contributed by atoms with van der Waals surface area (Å²) >= 11 is 0. The van der Waals surface area contributed by atoms with E-state index in [1.807, 2.05) is 25.1 Å². The lowest BCUT2D eigenvalue weighted by Crippen LogP contribution is -2.51.